The van der Waals surface area contributed by atoms with Crippen LogP contribution in [0.4, 0.5) is 21.5 Å². The number of ether oxygens (including phenoxy) is 2. The van der Waals surface area contributed by atoms with Gasteiger partial charge in [-0.25, -0.2) is 4.39 Å². The van der Waals surface area contributed by atoms with Crippen molar-refractivity contribution in [1.82, 2.24) is 14.7 Å². The predicted octanol–water partition coefficient (Wildman–Crippen LogP) is 10.9. The molecule has 6 aliphatic rings. The van der Waals surface area contributed by atoms with Crippen LogP contribution >= 0.6 is 0 Å². The summed E-state index contributed by atoms with van der Waals surface area (Å²) < 4.78 is 24.0. The highest BCUT2D eigenvalue weighted by molar-refractivity contribution is 5.41. The number of nitro benzene ring substituents is 2. The minimum atomic E-state index is -0.570. The van der Waals surface area contributed by atoms with Gasteiger partial charge in [0.2, 0.25) is 0 Å². The molecule has 3 aromatic carbocycles. The van der Waals surface area contributed by atoms with Gasteiger partial charge in [0, 0.05) is 87.3 Å². The number of non-ortho nitro benzene ring substituents is 2. The standard InChI is InChI=1S/C14H18N2O3.C14H20N2O.C8H15NO.C6H4FNO2.3C2H6.CH4/c17-16(18)12-3-5-13(6-4-12)19-14-7-9-15(10-8-14)11-1-2-11;15-11-1-5-13(6-2-11)17-14-7-9-16(10-8-14)12-3-4-12;10-8-3-5-9(6-4-8)7-1-2-7;7-5-1-3-6(4-2-5)8(9)10;3*1-2;/h3-6,11,14H,1-2,7-10H2;1-2,5-6,12,14H,3-4,7-10,15H2;7-8,10H,1-6H2;1-4H;3*1-2H3;1H4. The number of anilines is 1. The lowest BCUT2D eigenvalue weighted by atomic mass is 10.1. The number of benzene rings is 3. The Bertz CT molecular complexity index is 1650. The van der Waals surface area contributed by atoms with Crippen molar-refractivity contribution in [2.24, 2.45) is 0 Å². The van der Waals surface area contributed by atoms with Crippen molar-refractivity contribution in [3.8, 4) is 11.5 Å². The van der Waals surface area contributed by atoms with E-state index >= 15 is 0 Å². The van der Waals surface area contributed by atoms with Crippen molar-refractivity contribution >= 4 is 17.1 Å². The highest BCUT2D eigenvalue weighted by Crippen LogP contribution is 2.32. The summed E-state index contributed by atoms with van der Waals surface area (Å²) in [5.74, 6) is 1.21. The SMILES string of the molecule is C.CC.CC.CC.Nc1ccc(OC2CCN(C3CC3)CC2)cc1.O=[N+]([O-])c1ccc(F)cc1.O=[N+]([O-])c1ccc(OC2CCN(C3CC3)CC2)cc1.OC1CCN(C2CC2)CC1. The van der Waals surface area contributed by atoms with E-state index in [2.05, 4.69) is 14.7 Å². The van der Waals surface area contributed by atoms with Crippen molar-refractivity contribution < 1.29 is 28.8 Å². The zero-order chi connectivity index (χ0) is 45.4. The average Bonchev–Trinajstić information content (AvgIpc) is 4.13. The monoisotopic (exact) mass is 883 g/mol. The molecule has 14 heteroatoms. The maximum Gasteiger partial charge on any atom is 0.269 e. The van der Waals surface area contributed by atoms with Crippen LogP contribution in [-0.2, 0) is 0 Å². The maximum absolute atomic E-state index is 12.1. The molecule has 0 unspecified atom stereocenters. The van der Waals surface area contributed by atoms with Crippen molar-refractivity contribution in [2.75, 3.05) is 45.0 Å². The number of hydrogen-bond acceptors (Lipinski definition) is 11. The first-order valence-electron chi connectivity index (χ1n) is 23.3. The number of nitro groups is 2. The minimum Gasteiger partial charge on any atom is -0.490 e. The molecule has 0 atom stereocenters. The summed E-state index contributed by atoms with van der Waals surface area (Å²) in [6, 6.07) is 21.1. The van der Waals surface area contributed by atoms with Crippen molar-refractivity contribution in [3.63, 3.8) is 0 Å². The van der Waals surface area contributed by atoms with Crippen LogP contribution < -0.4 is 15.2 Å². The molecule has 3 aliphatic carbocycles. The fraction of sp³-hybridized carbons (Fsp3) is 0.633. The second-order valence-electron chi connectivity index (χ2n) is 15.7. The molecule has 63 heavy (non-hydrogen) atoms. The molecule has 354 valence electrons. The zero-order valence-electron chi connectivity index (χ0n) is 38.2. The molecule has 0 bridgehead atoms. The Kier molecular flexibility index (Phi) is 26.0. The van der Waals surface area contributed by atoms with Gasteiger partial charge in [-0.1, -0.05) is 49.0 Å². The number of nitrogen functional groups attached to an aromatic ring is 1. The molecule has 0 aromatic heterocycles. The molecule has 3 heterocycles. The number of hydrogen-bond donors (Lipinski definition) is 2. The van der Waals surface area contributed by atoms with E-state index in [1.807, 2.05) is 65.8 Å². The van der Waals surface area contributed by atoms with Gasteiger partial charge in [-0.2, -0.15) is 0 Å². The van der Waals surface area contributed by atoms with E-state index in [9.17, 15) is 29.7 Å². The molecule has 9 rings (SSSR count). The Morgan fingerprint density at radius 1 is 0.524 bits per heavy atom. The summed E-state index contributed by atoms with van der Waals surface area (Å²) in [6.45, 7) is 18.9. The summed E-state index contributed by atoms with van der Waals surface area (Å²) in [5.41, 5.74) is 6.46. The normalized spacial score (nSPS) is 19.2. The molecule has 3 saturated heterocycles. The number of piperidine rings is 3. The van der Waals surface area contributed by atoms with Crippen LogP contribution in [-0.4, -0.2) is 105 Å². The van der Waals surface area contributed by atoms with Gasteiger partial charge in [-0.3, -0.25) is 20.2 Å². The molecular weight excluding hydrogens is 804 g/mol. The van der Waals surface area contributed by atoms with E-state index in [1.54, 1.807) is 12.1 Å². The van der Waals surface area contributed by atoms with Crippen molar-refractivity contribution in [1.29, 1.82) is 0 Å². The van der Waals surface area contributed by atoms with Gasteiger partial charge in [0.15, 0.2) is 0 Å². The van der Waals surface area contributed by atoms with Crippen molar-refractivity contribution in [3.05, 3.63) is 98.8 Å². The van der Waals surface area contributed by atoms with E-state index < -0.39 is 15.7 Å². The van der Waals surface area contributed by atoms with E-state index in [0.29, 0.717) is 6.10 Å². The van der Waals surface area contributed by atoms with Crippen LogP contribution in [0.15, 0.2) is 72.8 Å². The van der Waals surface area contributed by atoms with Crippen LogP contribution in [0, 0.1) is 26.0 Å². The number of likely N-dealkylation sites (tertiary alicyclic amines) is 3. The van der Waals surface area contributed by atoms with Gasteiger partial charge in [-0.05, 0) is 126 Å². The summed E-state index contributed by atoms with van der Waals surface area (Å²) in [5, 5.41) is 29.8. The van der Waals surface area contributed by atoms with Crippen molar-refractivity contribution in [2.45, 2.75) is 162 Å². The lowest BCUT2D eigenvalue weighted by molar-refractivity contribution is -0.385. The van der Waals surface area contributed by atoms with E-state index in [-0.39, 0.29) is 31.0 Å². The van der Waals surface area contributed by atoms with E-state index in [0.717, 1.165) is 124 Å². The minimum absolute atomic E-state index is 0. The largest absolute Gasteiger partial charge is 0.490 e. The predicted molar refractivity (Wildman–Crippen MR) is 254 cm³/mol. The first-order chi connectivity index (χ1) is 30.1. The van der Waals surface area contributed by atoms with E-state index in [4.69, 9.17) is 15.2 Å². The second-order valence-corrected chi connectivity index (χ2v) is 15.7. The van der Waals surface area contributed by atoms with Crippen LogP contribution in [0.2, 0.25) is 0 Å². The van der Waals surface area contributed by atoms with Gasteiger partial charge < -0.3 is 35.0 Å². The average molecular weight is 883 g/mol. The summed E-state index contributed by atoms with van der Waals surface area (Å²) in [6.07, 6.45) is 15.3. The number of aliphatic hydroxyl groups excluding tert-OH is 1. The van der Waals surface area contributed by atoms with Gasteiger partial charge in [0.1, 0.15) is 29.5 Å². The Balaban J connectivity index is 0.000000285. The molecule has 0 spiro atoms. The molecular formula is C49H79FN6O7. The highest BCUT2D eigenvalue weighted by atomic mass is 19.1. The topological polar surface area (TPSA) is 161 Å². The number of nitrogens with zero attached hydrogens (tertiary/aromatic N) is 5. The molecule has 13 nitrogen and oxygen atoms in total. The van der Waals surface area contributed by atoms with Crippen LogP contribution in [0.1, 0.15) is 126 Å². The molecule has 3 saturated carbocycles. The molecule has 3 N–H and O–H groups in total. The van der Waals surface area contributed by atoms with Crippen LogP contribution in [0.25, 0.3) is 0 Å². The number of rotatable bonds is 9. The van der Waals surface area contributed by atoms with E-state index in [1.165, 1.54) is 63.7 Å². The van der Waals surface area contributed by atoms with Gasteiger partial charge in [0.25, 0.3) is 11.4 Å². The summed E-state index contributed by atoms with van der Waals surface area (Å²) >= 11 is 0. The Morgan fingerprint density at radius 2 is 0.810 bits per heavy atom. The lowest BCUT2D eigenvalue weighted by Crippen LogP contribution is -2.39. The van der Waals surface area contributed by atoms with Gasteiger partial charge >= 0.3 is 0 Å². The first-order valence-corrected chi connectivity index (χ1v) is 23.3. The smallest absolute Gasteiger partial charge is 0.269 e. The summed E-state index contributed by atoms with van der Waals surface area (Å²) in [4.78, 5) is 27.3. The number of halogens is 1. The molecule has 0 amide bonds. The van der Waals surface area contributed by atoms with Gasteiger partial charge in [0.05, 0.1) is 16.0 Å². The zero-order valence-corrected chi connectivity index (χ0v) is 38.2. The molecule has 3 aromatic rings. The number of nitrogens with two attached hydrogens (primary N) is 1. The third kappa shape index (κ3) is 20.8. The third-order valence-corrected chi connectivity index (χ3v) is 11.2. The molecule has 3 aliphatic heterocycles. The Labute approximate surface area is 377 Å². The van der Waals surface area contributed by atoms with Gasteiger partial charge in [-0.15, -0.1) is 0 Å². The lowest BCUT2D eigenvalue weighted by Gasteiger charge is -2.32. The second kappa shape index (κ2) is 29.9. The molecule has 0 radical (unpaired) electrons. The third-order valence-electron chi connectivity index (χ3n) is 11.2. The maximum atomic E-state index is 12.1. The van der Waals surface area contributed by atoms with Crippen LogP contribution in [0.3, 0.4) is 0 Å². The number of aliphatic hydroxyl groups is 1. The Hall–Kier alpha value is -4.37. The van der Waals surface area contributed by atoms with Crippen LogP contribution in [0.5, 0.6) is 11.5 Å². The first kappa shape index (κ1) is 54.8. The fourth-order valence-electron chi connectivity index (χ4n) is 7.43. The quantitative estimate of drug-likeness (QED) is 0.120. The summed E-state index contributed by atoms with van der Waals surface area (Å²) in [7, 11) is 0. The highest BCUT2D eigenvalue weighted by Gasteiger charge is 2.34. The molecule has 6 fully saturated rings. The Morgan fingerprint density at radius 3 is 1.11 bits per heavy atom. The fourth-order valence-corrected chi connectivity index (χ4v) is 7.43.